The van der Waals surface area contributed by atoms with Gasteiger partial charge in [0.25, 0.3) is 0 Å². The highest BCUT2D eigenvalue weighted by atomic mass is 16.3. The third kappa shape index (κ3) is 3.98. The largest absolute Gasteiger partial charge is 0.387 e. The van der Waals surface area contributed by atoms with Crippen LogP contribution in [0.4, 0.5) is 0 Å². The van der Waals surface area contributed by atoms with Gasteiger partial charge in [0.2, 0.25) is 0 Å². The molecule has 2 atom stereocenters. The summed E-state index contributed by atoms with van der Waals surface area (Å²) >= 11 is 0. The van der Waals surface area contributed by atoms with Gasteiger partial charge in [-0.3, -0.25) is 9.58 Å². The van der Waals surface area contributed by atoms with Crippen LogP contribution >= 0.6 is 0 Å². The molecular weight excluding hydrogens is 288 g/mol. The number of β-amino-alcohol motifs (C(OH)–C–C–N with tert-alkyl or cyclic N) is 1. The number of nitrogens with zero attached hydrogens (tertiary/aromatic N) is 4. The third-order valence-electron chi connectivity index (χ3n) is 4.94. The van der Waals surface area contributed by atoms with Crippen LogP contribution < -0.4 is 0 Å². The molecule has 0 bridgehead atoms. The first-order valence-corrected chi connectivity index (χ1v) is 8.45. The summed E-state index contributed by atoms with van der Waals surface area (Å²) in [4.78, 5) is 6.43. The maximum absolute atomic E-state index is 10.7. The molecule has 2 aromatic rings. The van der Waals surface area contributed by atoms with E-state index >= 15 is 0 Å². The standard InChI is InChI=1S/C18H26N4O/c1-14-6-7-16(9-15(14)2)18(23)11-21-8-4-3-5-17(21)10-22-13-19-12-20-22/h6-7,9,12-13,17-18,23H,3-5,8,10-11H2,1-2H3/t17-,18-/m1/s1. The quantitative estimate of drug-likeness (QED) is 0.921. The van der Waals surface area contributed by atoms with E-state index in [4.69, 9.17) is 0 Å². The van der Waals surface area contributed by atoms with E-state index < -0.39 is 6.10 Å². The molecule has 1 fully saturated rings. The number of rotatable bonds is 5. The van der Waals surface area contributed by atoms with Gasteiger partial charge in [0.1, 0.15) is 12.7 Å². The molecule has 1 aliphatic heterocycles. The Morgan fingerprint density at radius 2 is 2.13 bits per heavy atom. The average Bonchev–Trinajstić information content (AvgIpc) is 3.05. The van der Waals surface area contributed by atoms with Crippen LogP contribution in [0.3, 0.4) is 0 Å². The smallest absolute Gasteiger partial charge is 0.137 e. The second kappa shape index (κ2) is 7.23. The van der Waals surface area contributed by atoms with Crippen molar-refractivity contribution in [1.82, 2.24) is 19.7 Å². The normalized spacial score (nSPS) is 20.6. The van der Waals surface area contributed by atoms with E-state index in [1.807, 2.05) is 10.7 Å². The Labute approximate surface area is 138 Å². The third-order valence-corrected chi connectivity index (χ3v) is 4.94. The minimum atomic E-state index is -0.439. The zero-order valence-electron chi connectivity index (χ0n) is 14.0. The monoisotopic (exact) mass is 314 g/mol. The van der Waals surface area contributed by atoms with Crippen LogP contribution in [-0.4, -0.2) is 43.9 Å². The number of hydrogen-bond donors (Lipinski definition) is 1. The zero-order valence-corrected chi connectivity index (χ0v) is 14.0. The van der Waals surface area contributed by atoms with E-state index in [1.165, 1.54) is 24.0 Å². The molecule has 1 aromatic heterocycles. The van der Waals surface area contributed by atoms with Crippen LogP contribution in [0.1, 0.15) is 42.1 Å². The van der Waals surface area contributed by atoms with E-state index in [1.54, 1.807) is 12.7 Å². The molecule has 23 heavy (non-hydrogen) atoms. The van der Waals surface area contributed by atoms with Crippen molar-refractivity contribution in [2.45, 2.75) is 51.8 Å². The minimum Gasteiger partial charge on any atom is -0.387 e. The summed E-state index contributed by atoms with van der Waals surface area (Å²) in [5.41, 5.74) is 3.51. The second-order valence-corrected chi connectivity index (χ2v) is 6.62. The number of aliphatic hydroxyl groups excluding tert-OH is 1. The van der Waals surface area contributed by atoms with Crippen LogP contribution in [0.15, 0.2) is 30.9 Å². The van der Waals surface area contributed by atoms with Gasteiger partial charge in [-0.2, -0.15) is 5.10 Å². The Balaban J connectivity index is 1.67. The van der Waals surface area contributed by atoms with Crippen molar-refractivity contribution in [3.63, 3.8) is 0 Å². The molecule has 0 radical (unpaired) electrons. The van der Waals surface area contributed by atoms with E-state index in [-0.39, 0.29) is 0 Å². The molecule has 0 saturated carbocycles. The first-order valence-electron chi connectivity index (χ1n) is 8.45. The van der Waals surface area contributed by atoms with Crippen LogP contribution in [0.2, 0.25) is 0 Å². The lowest BCUT2D eigenvalue weighted by Gasteiger charge is -2.36. The van der Waals surface area contributed by atoms with Gasteiger partial charge in [-0.05, 0) is 49.9 Å². The first kappa shape index (κ1) is 16.1. The van der Waals surface area contributed by atoms with Gasteiger partial charge in [0.05, 0.1) is 12.6 Å². The summed E-state index contributed by atoms with van der Waals surface area (Å²) in [7, 11) is 0. The van der Waals surface area contributed by atoms with Gasteiger partial charge in [0.15, 0.2) is 0 Å². The van der Waals surface area contributed by atoms with E-state index in [2.05, 4.69) is 41.0 Å². The van der Waals surface area contributed by atoms with Gasteiger partial charge in [-0.25, -0.2) is 4.98 Å². The van der Waals surface area contributed by atoms with Gasteiger partial charge in [-0.1, -0.05) is 24.6 Å². The highest BCUT2D eigenvalue weighted by molar-refractivity contribution is 5.31. The van der Waals surface area contributed by atoms with Crippen molar-refractivity contribution < 1.29 is 5.11 Å². The van der Waals surface area contributed by atoms with Gasteiger partial charge in [-0.15, -0.1) is 0 Å². The molecule has 0 amide bonds. The number of benzene rings is 1. The number of aryl methyl sites for hydroxylation is 2. The van der Waals surface area contributed by atoms with Crippen LogP contribution in [-0.2, 0) is 6.54 Å². The predicted molar refractivity (Wildman–Crippen MR) is 90.1 cm³/mol. The van der Waals surface area contributed by atoms with E-state index in [0.29, 0.717) is 12.6 Å². The van der Waals surface area contributed by atoms with Crippen LogP contribution in [0.5, 0.6) is 0 Å². The van der Waals surface area contributed by atoms with Crippen LogP contribution in [0.25, 0.3) is 0 Å². The lowest BCUT2D eigenvalue weighted by atomic mass is 9.99. The molecule has 1 saturated heterocycles. The number of aliphatic hydroxyl groups is 1. The molecule has 0 unspecified atom stereocenters. The molecule has 0 spiro atoms. The molecule has 5 heteroatoms. The van der Waals surface area contributed by atoms with Crippen molar-refractivity contribution in [3.8, 4) is 0 Å². The second-order valence-electron chi connectivity index (χ2n) is 6.62. The lowest BCUT2D eigenvalue weighted by molar-refractivity contribution is 0.0590. The van der Waals surface area contributed by atoms with Crippen molar-refractivity contribution in [3.05, 3.63) is 47.5 Å². The zero-order chi connectivity index (χ0) is 16.2. The molecular formula is C18H26N4O. The molecule has 1 N–H and O–H groups in total. The van der Waals surface area contributed by atoms with Crippen molar-refractivity contribution in [1.29, 1.82) is 0 Å². The summed E-state index contributed by atoms with van der Waals surface area (Å²) < 4.78 is 1.89. The summed E-state index contributed by atoms with van der Waals surface area (Å²) in [5.74, 6) is 0. The Bertz CT molecular complexity index is 626. The molecule has 1 aromatic carbocycles. The number of hydrogen-bond acceptors (Lipinski definition) is 4. The fourth-order valence-corrected chi connectivity index (χ4v) is 3.35. The molecule has 1 aliphatic rings. The highest BCUT2D eigenvalue weighted by Crippen LogP contribution is 2.23. The fourth-order valence-electron chi connectivity index (χ4n) is 3.35. The summed E-state index contributed by atoms with van der Waals surface area (Å²) in [5, 5.41) is 14.9. The molecule has 3 rings (SSSR count). The van der Waals surface area contributed by atoms with Crippen molar-refractivity contribution in [2.24, 2.45) is 0 Å². The first-order chi connectivity index (χ1) is 11.1. The number of piperidine rings is 1. The maximum atomic E-state index is 10.7. The van der Waals surface area contributed by atoms with Gasteiger partial charge >= 0.3 is 0 Å². The summed E-state index contributed by atoms with van der Waals surface area (Å²) in [6.07, 6.45) is 6.51. The minimum absolute atomic E-state index is 0.423. The summed E-state index contributed by atoms with van der Waals surface area (Å²) in [6.45, 7) is 6.77. The number of aromatic nitrogens is 3. The number of likely N-dealkylation sites (tertiary alicyclic amines) is 1. The molecule has 0 aliphatic carbocycles. The van der Waals surface area contributed by atoms with Crippen LogP contribution in [0, 0.1) is 13.8 Å². The predicted octanol–water partition coefficient (Wildman–Crippen LogP) is 2.48. The molecule has 2 heterocycles. The van der Waals surface area contributed by atoms with Gasteiger partial charge in [0, 0.05) is 12.6 Å². The maximum Gasteiger partial charge on any atom is 0.137 e. The Morgan fingerprint density at radius 3 is 2.87 bits per heavy atom. The fraction of sp³-hybridized carbons (Fsp3) is 0.556. The van der Waals surface area contributed by atoms with E-state index in [0.717, 1.165) is 25.1 Å². The van der Waals surface area contributed by atoms with Crippen molar-refractivity contribution in [2.75, 3.05) is 13.1 Å². The SMILES string of the molecule is Cc1ccc([C@H](O)CN2CCCC[C@@H]2Cn2cncn2)cc1C. The van der Waals surface area contributed by atoms with E-state index in [9.17, 15) is 5.11 Å². The summed E-state index contributed by atoms with van der Waals surface area (Å²) in [6, 6.07) is 6.67. The van der Waals surface area contributed by atoms with Gasteiger partial charge < -0.3 is 5.11 Å². The van der Waals surface area contributed by atoms with Crippen molar-refractivity contribution >= 4 is 0 Å². The average molecular weight is 314 g/mol. The topological polar surface area (TPSA) is 54.2 Å². The Kier molecular flexibility index (Phi) is 5.08. The lowest BCUT2D eigenvalue weighted by Crippen LogP contribution is -2.44. The Morgan fingerprint density at radius 1 is 1.26 bits per heavy atom. The Hall–Kier alpha value is -1.72. The highest BCUT2D eigenvalue weighted by Gasteiger charge is 2.25. The molecule has 5 nitrogen and oxygen atoms in total. The molecule has 124 valence electrons.